The number of nitrogens with zero attached hydrogens (tertiary/aromatic N) is 1. The Kier molecular flexibility index (Phi) is 5.57. The highest BCUT2D eigenvalue weighted by Crippen LogP contribution is 2.20. The van der Waals surface area contributed by atoms with E-state index in [1.807, 2.05) is 6.07 Å². The molecule has 16 heavy (non-hydrogen) atoms. The summed E-state index contributed by atoms with van der Waals surface area (Å²) in [5, 5.41) is 0. The Balaban J connectivity index is 2.67. The van der Waals surface area contributed by atoms with Gasteiger partial charge in [-0.25, -0.2) is 4.99 Å². The third-order valence-electron chi connectivity index (χ3n) is 2.45. The van der Waals surface area contributed by atoms with Crippen LogP contribution in [0.25, 0.3) is 0 Å². The molecule has 0 saturated carbocycles. The zero-order valence-electron chi connectivity index (χ0n) is 10.3. The first-order valence-electron chi connectivity index (χ1n) is 5.68. The summed E-state index contributed by atoms with van der Waals surface area (Å²) in [7, 11) is 1.56. The average Bonchev–Trinajstić information content (AvgIpc) is 2.29. The predicted molar refractivity (Wildman–Crippen MR) is 68.1 cm³/mol. The molecule has 0 aliphatic heterocycles. The van der Waals surface area contributed by atoms with Gasteiger partial charge in [-0.2, -0.15) is 0 Å². The lowest BCUT2D eigenvalue weighted by Crippen LogP contribution is -2.07. The van der Waals surface area contributed by atoms with Gasteiger partial charge >= 0.3 is 0 Å². The van der Waals surface area contributed by atoms with Crippen LogP contribution < -0.4 is 5.48 Å². The Bertz CT molecular complexity index is 348. The summed E-state index contributed by atoms with van der Waals surface area (Å²) in [6.45, 7) is 4.29. The van der Waals surface area contributed by atoms with Gasteiger partial charge in [-0.1, -0.05) is 25.5 Å². The van der Waals surface area contributed by atoms with Crippen LogP contribution in [-0.2, 0) is 11.3 Å². The molecule has 0 fully saturated rings. The zero-order chi connectivity index (χ0) is 11.8. The summed E-state index contributed by atoms with van der Waals surface area (Å²) < 4.78 is 0. The third-order valence-corrected chi connectivity index (χ3v) is 2.45. The van der Waals surface area contributed by atoms with Gasteiger partial charge < -0.3 is 0 Å². The second-order valence-electron chi connectivity index (χ2n) is 3.80. The van der Waals surface area contributed by atoms with Crippen LogP contribution in [-0.4, -0.2) is 13.4 Å². The largest absolute Gasteiger partial charge is 0.279 e. The Labute approximate surface area is 97.5 Å². The molecule has 0 spiro atoms. The van der Waals surface area contributed by atoms with Crippen molar-refractivity contribution in [2.24, 2.45) is 4.99 Å². The number of nitrogens with one attached hydrogen (secondary N) is 1. The van der Waals surface area contributed by atoms with E-state index in [4.69, 9.17) is 0 Å². The van der Waals surface area contributed by atoms with E-state index >= 15 is 0 Å². The van der Waals surface area contributed by atoms with E-state index in [1.165, 1.54) is 24.0 Å². The van der Waals surface area contributed by atoms with E-state index in [0.29, 0.717) is 0 Å². The Hall–Kier alpha value is -1.35. The van der Waals surface area contributed by atoms with E-state index < -0.39 is 0 Å². The minimum atomic E-state index is 0.977. The molecule has 3 heteroatoms. The minimum Gasteiger partial charge on any atom is -0.279 e. The van der Waals surface area contributed by atoms with E-state index in [-0.39, 0.29) is 0 Å². The number of rotatable bonds is 6. The first-order chi connectivity index (χ1) is 7.77. The van der Waals surface area contributed by atoms with Crippen molar-refractivity contribution >= 4 is 12.0 Å². The maximum absolute atomic E-state index is 4.68. The summed E-state index contributed by atoms with van der Waals surface area (Å²) >= 11 is 0. The van der Waals surface area contributed by atoms with Crippen molar-refractivity contribution in [3.63, 3.8) is 0 Å². The van der Waals surface area contributed by atoms with Gasteiger partial charge in [0, 0.05) is 0 Å². The molecule has 1 N–H and O–H groups in total. The maximum atomic E-state index is 4.68. The first kappa shape index (κ1) is 12.7. The van der Waals surface area contributed by atoms with Crippen molar-refractivity contribution in [3.05, 3.63) is 29.3 Å². The second-order valence-corrected chi connectivity index (χ2v) is 3.80. The van der Waals surface area contributed by atoms with Gasteiger partial charge in [-0.05, 0) is 37.0 Å². The molecule has 0 aromatic heterocycles. The van der Waals surface area contributed by atoms with Gasteiger partial charge in [0.05, 0.1) is 12.8 Å². The molecule has 0 atom stereocenters. The Morgan fingerprint density at radius 2 is 2.25 bits per heavy atom. The smallest absolute Gasteiger partial charge is 0.113 e. The highest BCUT2D eigenvalue weighted by Gasteiger charge is 1.98. The lowest BCUT2D eigenvalue weighted by molar-refractivity contribution is 0.148. The monoisotopic (exact) mass is 220 g/mol. The molecule has 0 radical (unpaired) electrons. The van der Waals surface area contributed by atoms with E-state index in [0.717, 1.165) is 12.1 Å². The van der Waals surface area contributed by atoms with Crippen LogP contribution in [0.3, 0.4) is 0 Å². The molecule has 1 rings (SSSR count). The summed E-state index contributed by atoms with van der Waals surface area (Å²) in [5.41, 5.74) is 6.14. The van der Waals surface area contributed by atoms with Crippen LogP contribution in [0.4, 0.5) is 5.69 Å². The molecular formula is C13H20N2O. The van der Waals surface area contributed by atoms with Gasteiger partial charge in [0.25, 0.3) is 0 Å². The fourth-order valence-electron chi connectivity index (χ4n) is 1.55. The molecule has 1 aromatic carbocycles. The molecule has 0 amide bonds. The highest BCUT2D eigenvalue weighted by molar-refractivity contribution is 5.62. The summed E-state index contributed by atoms with van der Waals surface area (Å²) in [6.07, 6.45) is 5.18. The maximum Gasteiger partial charge on any atom is 0.113 e. The fourth-order valence-corrected chi connectivity index (χ4v) is 1.55. The molecule has 0 aliphatic carbocycles. The Morgan fingerprint density at radius 1 is 1.44 bits per heavy atom. The van der Waals surface area contributed by atoms with Crippen LogP contribution in [0.2, 0.25) is 0 Å². The number of unbranched alkanes of at least 4 members (excludes halogenated alkanes) is 1. The fraction of sp³-hybridized carbons (Fsp3) is 0.462. The molecule has 1 aromatic rings. The van der Waals surface area contributed by atoms with Crippen molar-refractivity contribution in [3.8, 4) is 0 Å². The minimum absolute atomic E-state index is 0.977. The van der Waals surface area contributed by atoms with E-state index in [9.17, 15) is 0 Å². The molecular weight excluding hydrogens is 200 g/mol. The van der Waals surface area contributed by atoms with Gasteiger partial charge in [0.15, 0.2) is 0 Å². The molecule has 0 aliphatic rings. The molecule has 0 saturated heterocycles. The second kappa shape index (κ2) is 7.01. The van der Waals surface area contributed by atoms with Crippen molar-refractivity contribution in [1.82, 2.24) is 5.48 Å². The van der Waals surface area contributed by atoms with E-state index in [1.54, 1.807) is 13.4 Å². The van der Waals surface area contributed by atoms with Crippen molar-refractivity contribution < 1.29 is 4.84 Å². The highest BCUT2D eigenvalue weighted by atomic mass is 16.6. The van der Waals surface area contributed by atoms with Gasteiger partial charge in [-0.15, -0.1) is 0 Å². The number of hydrogen-bond donors (Lipinski definition) is 1. The van der Waals surface area contributed by atoms with Crippen LogP contribution in [0.1, 0.15) is 30.9 Å². The summed E-state index contributed by atoms with van der Waals surface area (Å²) in [6, 6.07) is 6.39. The molecule has 3 nitrogen and oxygen atoms in total. The molecule has 0 heterocycles. The number of aliphatic imine (C=N–C) groups is 1. The van der Waals surface area contributed by atoms with Crippen molar-refractivity contribution in [1.29, 1.82) is 0 Å². The lowest BCUT2D eigenvalue weighted by atomic mass is 10.0. The summed E-state index contributed by atoms with van der Waals surface area (Å²) in [5.74, 6) is 0. The quantitative estimate of drug-likeness (QED) is 0.454. The van der Waals surface area contributed by atoms with Gasteiger partial charge in [-0.3, -0.25) is 10.3 Å². The molecule has 0 bridgehead atoms. The molecule has 0 unspecified atom stereocenters. The van der Waals surface area contributed by atoms with Crippen LogP contribution in [0.15, 0.2) is 23.2 Å². The van der Waals surface area contributed by atoms with Crippen molar-refractivity contribution in [2.75, 3.05) is 7.11 Å². The van der Waals surface area contributed by atoms with Crippen LogP contribution in [0, 0.1) is 6.92 Å². The van der Waals surface area contributed by atoms with Crippen LogP contribution >= 0.6 is 0 Å². The number of aryl methyl sites for hydroxylation is 2. The predicted octanol–water partition coefficient (Wildman–Crippen LogP) is 3.15. The van der Waals surface area contributed by atoms with E-state index in [2.05, 4.69) is 41.3 Å². The van der Waals surface area contributed by atoms with Crippen LogP contribution in [0.5, 0.6) is 0 Å². The SMILES string of the molecule is CCCCc1ccc(N=CNOC)c(C)c1. The number of benzene rings is 1. The van der Waals surface area contributed by atoms with Gasteiger partial charge in [0.1, 0.15) is 6.34 Å². The Morgan fingerprint density at radius 3 is 2.88 bits per heavy atom. The van der Waals surface area contributed by atoms with Crippen molar-refractivity contribution in [2.45, 2.75) is 33.1 Å². The molecule has 88 valence electrons. The zero-order valence-corrected chi connectivity index (χ0v) is 10.3. The topological polar surface area (TPSA) is 33.6 Å². The summed E-state index contributed by atoms with van der Waals surface area (Å²) in [4.78, 5) is 8.94. The standard InChI is InChI=1S/C13H20N2O/c1-4-5-6-12-7-8-13(11(2)9-12)14-10-15-16-3/h7-10H,4-6H2,1-3H3,(H,14,15). The third kappa shape index (κ3) is 4.03. The first-order valence-corrected chi connectivity index (χ1v) is 5.68. The van der Waals surface area contributed by atoms with Gasteiger partial charge in [0.2, 0.25) is 0 Å². The lowest BCUT2D eigenvalue weighted by Gasteiger charge is -2.04. The normalized spacial score (nSPS) is 10.9. The number of hydrogen-bond acceptors (Lipinski definition) is 2. The average molecular weight is 220 g/mol. The number of hydroxylamine groups is 1.